The normalized spacial score (nSPS) is 10.8. The molecule has 0 spiro atoms. The third-order valence-corrected chi connectivity index (χ3v) is 4.73. The van der Waals surface area contributed by atoms with Crippen LogP contribution in [0.4, 0.5) is 5.13 Å². The molecule has 2 aromatic carbocycles. The molecule has 5 heteroatoms. The zero-order valence-electron chi connectivity index (χ0n) is 13.5. The van der Waals surface area contributed by atoms with E-state index in [1.165, 1.54) is 11.3 Å². The van der Waals surface area contributed by atoms with Crippen molar-refractivity contribution in [2.45, 2.75) is 12.8 Å². The van der Waals surface area contributed by atoms with Crippen LogP contribution in [0.3, 0.4) is 0 Å². The van der Waals surface area contributed by atoms with Crippen LogP contribution in [0.1, 0.15) is 11.1 Å². The lowest BCUT2D eigenvalue weighted by molar-refractivity contribution is -0.122. The van der Waals surface area contributed by atoms with Gasteiger partial charge in [-0.05, 0) is 24.0 Å². The lowest BCUT2D eigenvalue weighted by Crippen LogP contribution is -2.35. The summed E-state index contributed by atoms with van der Waals surface area (Å²) in [7, 11) is 1.77. The van der Waals surface area contributed by atoms with Gasteiger partial charge in [-0.25, -0.2) is 0 Å². The van der Waals surface area contributed by atoms with Crippen LogP contribution in [0.5, 0.6) is 0 Å². The number of carbonyl (C=O) groups excluding carboxylic acids is 1. The fourth-order valence-corrected chi connectivity index (χ4v) is 3.26. The van der Waals surface area contributed by atoms with Gasteiger partial charge < -0.3 is 0 Å². The molecule has 0 aliphatic heterocycles. The number of carbonyl (C=O) groups is 1. The van der Waals surface area contributed by atoms with Crippen LogP contribution < -0.4 is 4.90 Å². The van der Waals surface area contributed by atoms with Crippen LogP contribution in [-0.4, -0.2) is 23.2 Å². The Morgan fingerprint density at radius 3 is 2.00 bits per heavy atom. The average molecular weight is 337 g/mol. The van der Waals surface area contributed by atoms with Gasteiger partial charge in [0, 0.05) is 13.0 Å². The first-order chi connectivity index (χ1) is 11.7. The molecular weight excluding hydrogens is 318 g/mol. The van der Waals surface area contributed by atoms with Gasteiger partial charge in [0.15, 0.2) is 0 Å². The lowest BCUT2D eigenvalue weighted by Gasteiger charge is -2.22. The predicted octanol–water partition coefficient (Wildman–Crippen LogP) is 3.60. The van der Waals surface area contributed by atoms with Crippen molar-refractivity contribution >= 4 is 22.4 Å². The molecule has 0 bridgehead atoms. The van der Waals surface area contributed by atoms with Crippen molar-refractivity contribution in [3.05, 3.63) is 77.3 Å². The number of hydrogen-bond donors (Lipinski definition) is 0. The van der Waals surface area contributed by atoms with Crippen LogP contribution >= 0.6 is 11.3 Å². The van der Waals surface area contributed by atoms with E-state index >= 15 is 0 Å². The van der Waals surface area contributed by atoms with E-state index in [1.807, 2.05) is 36.4 Å². The molecule has 1 aromatic heterocycles. The van der Waals surface area contributed by atoms with E-state index in [0.717, 1.165) is 11.1 Å². The Morgan fingerprint density at radius 2 is 1.54 bits per heavy atom. The number of aromatic nitrogens is 2. The molecule has 0 atom stereocenters. The molecule has 0 unspecified atom stereocenters. The Kier molecular flexibility index (Phi) is 5.33. The molecule has 0 saturated heterocycles. The average Bonchev–Trinajstić information content (AvgIpc) is 3.16. The van der Waals surface area contributed by atoms with Crippen LogP contribution in [0.25, 0.3) is 0 Å². The molecular formula is C19H19N3OS. The Bertz CT molecular complexity index is 718. The van der Waals surface area contributed by atoms with E-state index in [0.29, 0.717) is 18.0 Å². The van der Waals surface area contributed by atoms with E-state index in [9.17, 15) is 4.79 Å². The summed E-state index contributed by atoms with van der Waals surface area (Å²) >= 11 is 1.37. The standard InChI is InChI=1S/C19H19N3OS/c1-22(19-21-20-14-24-19)18(23)17(12-15-8-4-2-5-9-15)13-16-10-6-3-7-11-16/h2-11,14,17H,12-13H2,1H3. The zero-order chi connectivity index (χ0) is 16.8. The molecule has 0 saturated carbocycles. The molecule has 122 valence electrons. The topological polar surface area (TPSA) is 46.1 Å². The number of hydrogen-bond acceptors (Lipinski definition) is 4. The Balaban J connectivity index is 1.82. The van der Waals surface area contributed by atoms with Crippen molar-refractivity contribution < 1.29 is 4.79 Å². The Hall–Kier alpha value is -2.53. The van der Waals surface area contributed by atoms with E-state index in [4.69, 9.17) is 0 Å². The van der Waals surface area contributed by atoms with Crippen LogP contribution in [-0.2, 0) is 17.6 Å². The lowest BCUT2D eigenvalue weighted by atomic mass is 9.91. The molecule has 3 rings (SSSR count). The highest BCUT2D eigenvalue weighted by Crippen LogP contribution is 2.21. The van der Waals surface area contributed by atoms with E-state index in [-0.39, 0.29) is 11.8 Å². The molecule has 4 nitrogen and oxygen atoms in total. The molecule has 0 aliphatic rings. The van der Waals surface area contributed by atoms with Gasteiger partial charge >= 0.3 is 0 Å². The third-order valence-electron chi connectivity index (χ3n) is 3.97. The van der Waals surface area contributed by atoms with E-state index in [2.05, 4.69) is 34.5 Å². The van der Waals surface area contributed by atoms with Crippen molar-refractivity contribution in [3.8, 4) is 0 Å². The smallest absolute Gasteiger partial charge is 0.232 e. The minimum atomic E-state index is -0.135. The van der Waals surface area contributed by atoms with Gasteiger partial charge in [-0.15, -0.1) is 10.2 Å². The largest absolute Gasteiger partial charge is 0.290 e. The summed E-state index contributed by atoms with van der Waals surface area (Å²) in [5.41, 5.74) is 3.97. The van der Waals surface area contributed by atoms with Crippen LogP contribution in [0.2, 0.25) is 0 Å². The maximum Gasteiger partial charge on any atom is 0.232 e. The van der Waals surface area contributed by atoms with Gasteiger partial charge in [0.1, 0.15) is 5.51 Å². The quantitative estimate of drug-likeness (QED) is 0.690. The van der Waals surface area contributed by atoms with E-state index < -0.39 is 0 Å². The SMILES string of the molecule is CN(C(=O)C(Cc1ccccc1)Cc1ccccc1)c1nncs1. The first kappa shape index (κ1) is 16.3. The van der Waals surface area contributed by atoms with Gasteiger partial charge in [-0.1, -0.05) is 72.0 Å². The van der Waals surface area contributed by atoms with Crippen molar-refractivity contribution in [1.82, 2.24) is 10.2 Å². The van der Waals surface area contributed by atoms with Gasteiger partial charge in [-0.3, -0.25) is 9.69 Å². The van der Waals surface area contributed by atoms with E-state index in [1.54, 1.807) is 17.5 Å². The highest BCUT2D eigenvalue weighted by atomic mass is 32.1. The Labute approximate surface area is 145 Å². The van der Waals surface area contributed by atoms with Crippen molar-refractivity contribution in [2.75, 3.05) is 11.9 Å². The van der Waals surface area contributed by atoms with Crippen LogP contribution in [0.15, 0.2) is 66.2 Å². The number of amides is 1. The number of benzene rings is 2. The van der Waals surface area contributed by atoms with Gasteiger partial charge in [0.05, 0.1) is 0 Å². The summed E-state index contributed by atoms with van der Waals surface area (Å²) in [6.07, 6.45) is 1.41. The summed E-state index contributed by atoms with van der Waals surface area (Å²) in [4.78, 5) is 14.6. The fourth-order valence-electron chi connectivity index (χ4n) is 2.73. The molecule has 0 N–H and O–H groups in total. The molecule has 0 aliphatic carbocycles. The molecule has 0 radical (unpaired) electrons. The molecule has 1 amide bonds. The molecule has 1 heterocycles. The maximum absolute atomic E-state index is 13.0. The minimum absolute atomic E-state index is 0.0689. The predicted molar refractivity (Wildman–Crippen MR) is 97.1 cm³/mol. The van der Waals surface area contributed by atoms with Gasteiger partial charge in [0.2, 0.25) is 11.0 Å². The van der Waals surface area contributed by atoms with Crippen molar-refractivity contribution in [3.63, 3.8) is 0 Å². The zero-order valence-corrected chi connectivity index (χ0v) is 14.3. The van der Waals surface area contributed by atoms with Crippen LogP contribution in [0, 0.1) is 5.92 Å². The highest BCUT2D eigenvalue weighted by Gasteiger charge is 2.25. The fraction of sp³-hybridized carbons (Fsp3) is 0.211. The number of anilines is 1. The highest BCUT2D eigenvalue weighted by molar-refractivity contribution is 7.13. The third kappa shape index (κ3) is 4.06. The second kappa shape index (κ2) is 7.84. The van der Waals surface area contributed by atoms with Gasteiger partial charge in [0.25, 0.3) is 0 Å². The second-order valence-corrected chi connectivity index (χ2v) is 6.51. The number of rotatable bonds is 6. The minimum Gasteiger partial charge on any atom is -0.290 e. The molecule has 0 fully saturated rings. The van der Waals surface area contributed by atoms with Gasteiger partial charge in [-0.2, -0.15) is 0 Å². The first-order valence-electron chi connectivity index (χ1n) is 7.85. The molecule has 3 aromatic rings. The van der Waals surface area contributed by atoms with Crippen molar-refractivity contribution in [1.29, 1.82) is 0 Å². The Morgan fingerprint density at radius 1 is 1.00 bits per heavy atom. The summed E-state index contributed by atoms with van der Waals surface area (Å²) in [6.45, 7) is 0. The number of nitrogens with zero attached hydrogens (tertiary/aromatic N) is 3. The summed E-state index contributed by atoms with van der Waals surface area (Å²) in [5.74, 6) is -0.0665. The maximum atomic E-state index is 13.0. The monoisotopic (exact) mass is 337 g/mol. The molecule has 24 heavy (non-hydrogen) atoms. The summed E-state index contributed by atoms with van der Waals surface area (Å²) in [5, 5.41) is 8.47. The first-order valence-corrected chi connectivity index (χ1v) is 8.73. The summed E-state index contributed by atoms with van der Waals surface area (Å²) < 4.78 is 0. The second-order valence-electron chi connectivity index (χ2n) is 5.69. The summed E-state index contributed by atoms with van der Waals surface area (Å²) in [6, 6.07) is 20.3. The van der Waals surface area contributed by atoms with Crippen molar-refractivity contribution in [2.24, 2.45) is 5.92 Å².